The number of carbonyl (C=O) groups excluding carboxylic acids is 1. The van der Waals surface area contributed by atoms with Gasteiger partial charge in [0.1, 0.15) is 0 Å². The Balaban J connectivity index is 3.12. The van der Waals surface area contributed by atoms with Crippen molar-refractivity contribution in [1.29, 1.82) is 0 Å². The maximum Gasteiger partial charge on any atom is 0.305 e. The molecule has 1 unspecified atom stereocenters. The van der Waals surface area contributed by atoms with Crippen LogP contribution in [0.5, 0.6) is 0 Å². The maximum absolute atomic E-state index is 11.0. The van der Waals surface area contributed by atoms with Crippen molar-refractivity contribution in [1.82, 2.24) is 0 Å². The zero-order chi connectivity index (χ0) is 20.7. The molecule has 0 aromatic heterocycles. The van der Waals surface area contributed by atoms with Crippen LogP contribution in [0.1, 0.15) is 142 Å². The van der Waals surface area contributed by atoms with Gasteiger partial charge in [-0.25, -0.2) is 0 Å². The Hall–Kier alpha value is -0.570. The van der Waals surface area contributed by atoms with Crippen molar-refractivity contribution >= 4 is 5.97 Å². The van der Waals surface area contributed by atoms with Crippen LogP contribution < -0.4 is 0 Å². The molecule has 0 spiro atoms. The summed E-state index contributed by atoms with van der Waals surface area (Å²) in [5.74, 6) is -0.176. The summed E-state index contributed by atoms with van der Waals surface area (Å²) >= 11 is 0. The van der Waals surface area contributed by atoms with Crippen LogP contribution in [0.4, 0.5) is 0 Å². The monoisotopic (exact) mass is 398 g/mol. The minimum atomic E-state index is -0.249. The van der Waals surface area contributed by atoms with E-state index in [0.717, 1.165) is 19.3 Å². The SMILES string of the molecule is CCCCCCCCCCCCCCCCCCCC(O)CCCC(=O)OC. The van der Waals surface area contributed by atoms with Crippen molar-refractivity contribution in [3.05, 3.63) is 0 Å². The predicted octanol–water partition coefficient (Wildman–Crippen LogP) is 7.73. The zero-order valence-electron chi connectivity index (χ0n) is 19.2. The minimum absolute atomic E-state index is 0.176. The Bertz CT molecular complexity index is 317. The second-order valence-electron chi connectivity index (χ2n) is 8.57. The van der Waals surface area contributed by atoms with E-state index >= 15 is 0 Å². The molecule has 0 saturated heterocycles. The molecule has 3 nitrogen and oxygen atoms in total. The normalized spacial score (nSPS) is 12.2. The third-order valence-electron chi connectivity index (χ3n) is 5.79. The van der Waals surface area contributed by atoms with Gasteiger partial charge in [0.15, 0.2) is 0 Å². The van der Waals surface area contributed by atoms with Gasteiger partial charge >= 0.3 is 5.97 Å². The fourth-order valence-corrected chi connectivity index (χ4v) is 3.83. The average Bonchev–Trinajstić information content (AvgIpc) is 2.70. The summed E-state index contributed by atoms with van der Waals surface area (Å²) in [5, 5.41) is 9.91. The molecular formula is C25H50O3. The Morgan fingerprint density at radius 3 is 1.39 bits per heavy atom. The summed E-state index contributed by atoms with van der Waals surface area (Å²) < 4.78 is 4.61. The molecule has 0 aromatic carbocycles. The molecule has 1 atom stereocenters. The zero-order valence-corrected chi connectivity index (χ0v) is 19.2. The van der Waals surface area contributed by atoms with Gasteiger partial charge in [-0.1, -0.05) is 116 Å². The van der Waals surface area contributed by atoms with E-state index in [4.69, 9.17) is 0 Å². The van der Waals surface area contributed by atoms with Crippen molar-refractivity contribution in [2.75, 3.05) is 7.11 Å². The lowest BCUT2D eigenvalue weighted by atomic mass is 10.0. The topological polar surface area (TPSA) is 46.5 Å². The second-order valence-corrected chi connectivity index (χ2v) is 8.57. The number of methoxy groups -OCH3 is 1. The molecular weight excluding hydrogens is 348 g/mol. The molecule has 0 bridgehead atoms. The first-order chi connectivity index (χ1) is 13.7. The highest BCUT2D eigenvalue weighted by Gasteiger charge is 2.06. The number of ether oxygens (including phenoxy) is 1. The van der Waals surface area contributed by atoms with E-state index in [-0.39, 0.29) is 12.1 Å². The van der Waals surface area contributed by atoms with Gasteiger partial charge in [-0.15, -0.1) is 0 Å². The van der Waals surface area contributed by atoms with Crippen LogP contribution in [-0.4, -0.2) is 24.3 Å². The minimum Gasteiger partial charge on any atom is -0.469 e. The smallest absolute Gasteiger partial charge is 0.305 e. The maximum atomic E-state index is 11.0. The first kappa shape index (κ1) is 27.4. The number of carbonyl (C=O) groups is 1. The summed E-state index contributed by atoms with van der Waals surface area (Å²) in [6.45, 7) is 2.28. The molecule has 28 heavy (non-hydrogen) atoms. The van der Waals surface area contributed by atoms with E-state index in [1.54, 1.807) is 0 Å². The Morgan fingerprint density at radius 1 is 0.643 bits per heavy atom. The van der Waals surface area contributed by atoms with Crippen molar-refractivity contribution in [2.24, 2.45) is 0 Å². The van der Waals surface area contributed by atoms with E-state index in [2.05, 4.69) is 11.7 Å². The molecule has 0 saturated carbocycles. The molecule has 0 aliphatic heterocycles. The lowest BCUT2D eigenvalue weighted by Gasteiger charge is -2.09. The summed E-state index contributed by atoms with van der Waals surface area (Å²) in [6.07, 6.45) is 25.9. The van der Waals surface area contributed by atoms with Crippen LogP contribution in [-0.2, 0) is 9.53 Å². The van der Waals surface area contributed by atoms with Crippen LogP contribution in [0.3, 0.4) is 0 Å². The van der Waals surface area contributed by atoms with Gasteiger partial charge < -0.3 is 9.84 Å². The molecule has 0 heterocycles. The highest BCUT2D eigenvalue weighted by Crippen LogP contribution is 2.15. The summed E-state index contributed by atoms with van der Waals surface area (Å²) in [6, 6.07) is 0. The van der Waals surface area contributed by atoms with E-state index in [1.807, 2.05) is 0 Å². The first-order valence-corrected chi connectivity index (χ1v) is 12.5. The van der Waals surface area contributed by atoms with Gasteiger partial charge in [0.2, 0.25) is 0 Å². The highest BCUT2D eigenvalue weighted by molar-refractivity contribution is 5.68. The predicted molar refractivity (Wildman–Crippen MR) is 121 cm³/mol. The lowest BCUT2D eigenvalue weighted by Crippen LogP contribution is -2.08. The number of esters is 1. The number of rotatable bonds is 22. The number of hydrogen-bond donors (Lipinski definition) is 1. The summed E-state index contributed by atoms with van der Waals surface area (Å²) in [5.41, 5.74) is 0. The summed E-state index contributed by atoms with van der Waals surface area (Å²) in [7, 11) is 1.41. The Morgan fingerprint density at radius 2 is 1.00 bits per heavy atom. The first-order valence-electron chi connectivity index (χ1n) is 12.5. The third kappa shape index (κ3) is 21.7. The largest absolute Gasteiger partial charge is 0.469 e. The van der Waals surface area contributed by atoms with Crippen LogP contribution >= 0.6 is 0 Å². The molecule has 1 N–H and O–H groups in total. The van der Waals surface area contributed by atoms with Gasteiger partial charge in [-0.3, -0.25) is 4.79 Å². The van der Waals surface area contributed by atoms with Crippen molar-refractivity contribution in [3.8, 4) is 0 Å². The van der Waals surface area contributed by atoms with E-state index in [0.29, 0.717) is 12.8 Å². The average molecular weight is 399 g/mol. The number of unbranched alkanes of at least 4 members (excludes halogenated alkanes) is 16. The van der Waals surface area contributed by atoms with Gasteiger partial charge in [-0.05, 0) is 19.3 Å². The van der Waals surface area contributed by atoms with E-state index in [1.165, 1.54) is 110 Å². The molecule has 0 rings (SSSR count). The molecule has 0 aliphatic rings. The Labute approximate surface area is 176 Å². The molecule has 0 aliphatic carbocycles. The second kappa shape index (κ2) is 22.7. The van der Waals surface area contributed by atoms with Gasteiger partial charge in [-0.2, -0.15) is 0 Å². The van der Waals surface area contributed by atoms with Gasteiger partial charge in [0.25, 0.3) is 0 Å². The quantitative estimate of drug-likeness (QED) is 0.150. The van der Waals surface area contributed by atoms with Crippen LogP contribution in [0, 0.1) is 0 Å². The molecule has 168 valence electrons. The fourth-order valence-electron chi connectivity index (χ4n) is 3.83. The van der Waals surface area contributed by atoms with E-state index in [9.17, 15) is 9.90 Å². The Kier molecular flexibility index (Phi) is 22.3. The number of aliphatic hydroxyl groups is 1. The lowest BCUT2D eigenvalue weighted by molar-refractivity contribution is -0.140. The van der Waals surface area contributed by atoms with Crippen LogP contribution in [0.2, 0.25) is 0 Å². The van der Waals surface area contributed by atoms with Gasteiger partial charge in [0, 0.05) is 6.42 Å². The molecule has 3 heteroatoms. The van der Waals surface area contributed by atoms with Crippen molar-refractivity contribution in [2.45, 2.75) is 148 Å². The van der Waals surface area contributed by atoms with E-state index < -0.39 is 0 Å². The third-order valence-corrected chi connectivity index (χ3v) is 5.79. The molecule has 0 radical (unpaired) electrons. The standard InChI is InChI=1S/C25H50O3/c1-3-4-5-6-7-8-9-10-11-12-13-14-15-16-17-18-19-21-24(26)22-20-23-25(27)28-2/h24,26H,3-23H2,1-2H3. The van der Waals surface area contributed by atoms with Crippen molar-refractivity contribution in [3.63, 3.8) is 0 Å². The van der Waals surface area contributed by atoms with Crippen molar-refractivity contribution < 1.29 is 14.6 Å². The highest BCUT2D eigenvalue weighted by atomic mass is 16.5. The molecule has 0 fully saturated rings. The summed E-state index contributed by atoms with van der Waals surface area (Å²) in [4.78, 5) is 11.0. The van der Waals surface area contributed by atoms with Crippen LogP contribution in [0.25, 0.3) is 0 Å². The number of aliphatic hydroxyl groups excluding tert-OH is 1. The molecule has 0 aromatic rings. The number of hydrogen-bond acceptors (Lipinski definition) is 3. The molecule has 0 amide bonds. The van der Waals surface area contributed by atoms with Gasteiger partial charge in [0.05, 0.1) is 13.2 Å². The van der Waals surface area contributed by atoms with Crippen LogP contribution in [0.15, 0.2) is 0 Å². The fraction of sp³-hybridized carbons (Fsp3) is 0.960.